The third-order valence-corrected chi connectivity index (χ3v) is 2.56. The molecule has 2 rings (SSSR count). The Hall–Kier alpha value is -2.18. The predicted octanol–water partition coefficient (Wildman–Crippen LogP) is 1.71. The van der Waals surface area contributed by atoms with Crippen molar-refractivity contribution in [1.82, 2.24) is 0 Å². The Morgan fingerprint density at radius 1 is 1.29 bits per heavy atom. The molecule has 0 saturated heterocycles. The van der Waals surface area contributed by atoms with Gasteiger partial charge in [0.05, 0.1) is 0 Å². The lowest BCUT2D eigenvalue weighted by molar-refractivity contribution is -0.110. The first-order valence-electron chi connectivity index (χ1n) is 4.96. The van der Waals surface area contributed by atoms with Crippen LogP contribution in [0.15, 0.2) is 42.5 Å². The Kier molecular flexibility index (Phi) is 2.66. The van der Waals surface area contributed by atoms with Crippen LogP contribution in [0.1, 0.15) is 5.56 Å². The van der Waals surface area contributed by atoms with Gasteiger partial charge in [-0.1, -0.05) is 18.1 Å². The quantitative estimate of drug-likeness (QED) is 0.743. The Bertz CT molecular complexity index is 561. The zero-order chi connectivity index (χ0) is 12.5. The van der Waals surface area contributed by atoms with Crippen LogP contribution in [-0.2, 0) is 4.79 Å². The van der Waals surface area contributed by atoms with Crippen molar-refractivity contribution >= 4 is 11.4 Å². The molecule has 0 heterocycles. The Morgan fingerprint density at radius 2 is 1.94 bits per heavy atom. The van der Waals surface area contributed by atoms with Crippen molar-refractivity contribution in [3.8, 4) is 12.3 Å². The molecule has 0 amide bonds. The third kappa shape index (κ3) is 2.03. The number of carbonyl (C=O) groups is 1. The SMILES string of the molecule is C#CC1(O)C=CC(=O)C=C1c1ccc(F)cc1. The zero-order valence-electron chi connectivity index (χ0n) is 8.85. The molecule has 0 aliphatic heterocycles. The van der Waals surface area contributed by atoms with Crippen LogP contribution in [0, 0.1) is 18.2 Å². The average Bonchev–Trinajstić information content (AvgIpc) is 2.34. The lowest BCUT2D eigenvalue weighted by Crippen LogP contribution is -2.28. The van der Waals surface area contributed by atoms with E-state index in [4.69, 9.17) is 6.42 Å². The van der Waals surface area contributed by atoms with E-state index in [2.05, 4.69) is 5.92 Å². The van der Waals surface area contributed by atoms with E-state index in [-0.39, 0.29) is 11.4 Å². The molecule has 0 saturated carbocycles. The van der Waals surface area contributed by atoms with Crippen molar-refractivity contribution in [2.75, 3.05) is 0 Å². The molecule has 0 aromatic heterocycles. The molecule has 1 atom stereocenters. The van der Waals surface area contributed by atoms with Crippen molar-refractivity contribution < 1.29 is 14.3 Å². The lowest BCUT2D eigenvalue weighted by Gasteiger charge is -2.24. The van der Waals surface area contributed by atoms with Crippen LogP contribution < -0.4 is 0 Å². The van der Waals surface area contributed by atoms with E-state index in [9.17, 15) is 14.3 Å². The van der Waals surface area contributed by atoms with E-state index in [1.807, 2.05) is 0 Å². The molecule has 17 heavy (non-hydrogen) atoms. The maximum Gasteiger partial charge on any atom is 0.178 e. The van der Waals surface area contributed by atoms with Gasteiger partial charge in [0.2, 0.25) is 0 Å². The summed E-state index contributed by atoms with van der Waals surface area (Å²) in [5.74, 6) is 1.57. The van der Waals surface area contributed by atoms with Crippen molar-refractivity contribution in [2.24, 2.45) is 0 Å². The number of allylic oxidation sites excluding steroid dienone is 2. The van der Waals surface area contributed by atoms with E-state index in [1.165, 1.54) is 42.5 Å². The number of rotatable bonds is 1. The smallest absolute Gasteiger partial charge is 0.178 e. The summed E-state index contributed by atoms with van der Waals surface area (Å²) in [5.41, 5.74) is -0.816. The minimum atomic E-state index is -1.62. The fourth-order valence-electron chi connectivity index (χ4n) is 1.65. The first-order valence-corrected chi connectivity index (χ1v) is 4.96. The predicted molar refractivity (Wildman–Crippen MR) is 62.3 cm³/mol. The number of benzene rings is 1. The number of hydrogen-bond acceptors (Lipinski definition) is 2. The number of halogens is 1. The monoisotopic (exact) mass is 228 g/mol. The van der Waals surface area contributed by atoms with Crippen LogP contribution in [0.4, 0.5) is 4.39 Å². The summed E-state index contributed by atoms with van der Waals surface area (Å²) in [5, 5.41) is 10.1. The maximum atomic E-state index is 12.8. The molecule has 3 heteroatoms. The van der Waals surface area contributed by atoms with Crippen LogP contribution >= 0.6 is 0 Å². The standard InChI is InChI=1S/C14H9FO2/c1-2-14(17)8-7-12(16)9-13(14)10-3-5-11(15)6-4-10/h1,3-9,17H. The van der Waals surface area contributed by atoms with Gasteiger partial charge in [0.15, 0.2) is 11.4 Å². The second-order valence-electron chi connectivity index (χ2n) is 3.71. The van der Waals surface area contributed by atoms with Crippen LogP contribution in [0.3, 0.4) is 0 Å². The van der Waals surface area contributed by atoms with Gasteiger partial charge in [0.1, 0.15) is 5.82 Å². The second-order valence-corrected chi connectivity index (χ2v) is 3.71. The largest absolute Gasteiger partial charge is 0.370 e. The minimum absolute atomic E-state index is 0.260. The number of aliphatic hydroxyl groups is 1. The Balaban J connectivity index is 2.53. The van der Waals surface area contributed by atoms with Crippen molar-refractivity contribution in [1.29, 1.82) is 0 Å². The summed E-state index contributed by atoms with van der Waals surface area (Å²) in [6.07, 6.45) is 8.99. The molecule has 0 bridgehead atoms. The summed E-state index contributed by atoms with van der Waals surface area (Å²) >= 11 is 0. The van der Waals surface area contributed by atoms with Crippen LogP contribution in [-0.4, -0.2) is 16.5 Å². The van der Waals surface area contributed by atoms with Crippen LogP contribution in [0.5, 0.6) is 0 Å². The lowest BCUT2D eigenvalue weighted by atomic mass is 9.84. The molecule has 0 spiro atoms. The summed E-state index contributed by atoms with van der Waals surface area (Å²) in [4.78, 5) is 11.3. The first-order chi connectivity index (χ1) is 8.05. The molecule has 1 aromatic carbocycles. The molecular formula is C14H9FO2. The van der Waals surface area contributed by atoms with Gasteiger partial charge in [-0.15, -0.1) is 6.42 Å². The third-order valence-electron chi connectivity index (χ3n) is 2.56. The molecular weight excluding hydrogens is 219 g/mol. The molecule has 84 valence electrons. The first kappa shape index (κ1) is 11.3. The van der Waals surface area contributed by atoms with Gasteiger partial charge < -0.3 is 5.11 Å². The maximum absolute atomic E-state index is 12.8. The van der Waals surface area contributed by atoms with Crippen molar-refractivity contribution in [3.05, 3.63) is 53.9 Å². The highest BCUT2D eigenvalue weighted by Gasteiger charge is 2.30. The second kappa shape index (κ2) is 4.00. The summed E-state index contributed by atoms with van der Waals surface area (Å²) in [6.45, 7) is 0. The highest BCUT2D eigenvalue weighted by Crippen LogP contribution is 2.31. The van der Waals surface area contributed by atoms with Crippen LogP contribution in [0.2, 0.25) is 0 Å². The van der Waals surface area contributed by atoms with Gasteiger partial charge in [0.25, 0.3) is 0 Å². The molecule has 1 N–H and O–H groups in total. The Labute approximate surface area is 98.1 Å². The van der Waals surface area contributed by atoms with E-state index in [0.717, 1.165) is 0 Å². The summed E-state index contributed by atoms with van der Waals surface area (Å²) < 4.78 is 12.8. The number of carbonyl (C=O) groups excluding carboxylic acids is 1. The fourth-order valence-corrected chi connectivity index (χ4v) is 1.65. The van der Waals surface area contributed by atoms with E-state index in [0.29, 0.717) is 5.56 Å². The molecule has 1 aromatic rings. The summed E-state index contributed by atoms with van der Waals surface area (Å²) in [6, 6.07) is 5.43. The van der Waals surface area contributed by atoms with Gasteiger partial charge in [0, 0.05) is 5.57 Å². The topological polar surface area (TPSA) is 37.3 Å². The molecule has 1 aliphatic carbocycles. The average molecular weight is 228 g/mol. The highest BCUT2D eigenvalue weighted by molar-refractivity contribution is 6.08. The molecule has 0 fully saturated rings. The molecule has 1 unspecified atom stereocenters. The number of terminal acetylenes is 1. The van der Waals surface area contributed by atoms with Gasteiger partial charge in [-0.2, -0.15) is 0 Å². The van der Waals surface area contributed by atoms with Crippen LogP contribution in [0.25, 0.3) is 5.57 Å². The fraction of sp³-hybridized carbons (Fsp3) is 0.0714. The van der Waals surface area contributed by atoms with Gasteiger partial charge in [-0.25, -0.2) is 4.39 Å². The van der Waals surface area contributed by atoms with E-state index < -0.39 is 11.4 Å². The van der Waals surface area contributed by atoms with Gasteiger partial charge in [-0.05, 0) is 35.9 Å². The minimum Gasteiger partial charge on any atom is -0.370 e. The van der Waals surface area contributed by atoms with Crippen molar-refractivity contribution in [3.63, 3.8) is 0 Å². The van der Waals surface area contributed by atoms with E-state index in [1.54, 1.807) is 0 Å². The Morgan fingerprint density at radius 3 is 2.53 bits per heavy atom. The number of hydrogen-bond donors (Lipinski definition) is 1. The molecule has 2 nitrogen and oxygen atoms in total. The van der Waals surface area contributed by atoms with Crippen molar-refractivity contribution in [2.45, 2.75) is 5.60 Å². The summed E-state index contributed by atoms with van der Waals surface area (Å²) in [7, 11) is 0. The number of ketones is 1. The normalized spacial score (nSPS) is 23.1. The molecule has 0 radical (unpaired) electrons. The van der Waals surface area contributed by atoms with Gasteiger partial charge in [-0.3, -0.25) is 4.79 Å². The van der Waals surface area contributed by atoms with Gasteiger partial charge >= 0.3 is 0 Å². The highest BCUT2D eigenvalue weighted by atomic mass is 19.1. The zero-order valence-corrected chi connectivity index (χ0v) is 8.85. The molecule has 1 aliphatic rings. The van der Waals surface area contributed by atoms with E-state index >= 15 is 0 Å².